The highest BCUT2D eigenvalue weighted by Crippen LogP contribution is 2.16. The number of nitrogens with two attached hydrogens (primary N) is 1. The molecule has 1 rings (SSSR count). The first kappa shape index (κ1) is 11.4. The Balaban J connectivity index is 3.13. The highest BCUT2D eigenvalue weighted by Gasteiger charge is 2.19. The zero-order valence-electron chi connectivity index (χ0n) is 9.16. The molecule has 14 heavy (non-hydrogen) atoms. The summed E-state index contributed by atoms with van der Waals surface area (Å²) in [6.07, 6.45) is 0.740. The lowest BCUT2D eigenvalue weighted by Crippen LogP contribution is -2.28. The number of nitrogens with one attached hydrogen (secondary N) is 1. The zero-order chi connectivity index (χ0) is 10.9. The van der Waals surface area contributed by atoms with E-state index in [-0.39, 0.29) is 11.6 Å². The summed E-state index contributed by atoms with van der Waals surface area (Å²) < 4.78 is 2.68. The van der Waals surface area contributed by atoms with E-state index >= 15 is 0 Å². The zero-order valence-corrected chi connectivity index (χ0v) is 9.98. The molecule has 0 aliphatic rings. The number of hydrogen-bond donors (Lipinski definition) is 2. The van der Waals surface area contributed by atoms with Gasteiger partial charge < -0.3 is 5.73 Å². The standard InChI is InChI=1S/C9H18N4S/c1-6(10)5-7-11-12-8(14)13(7)9(2,3)4/h6H,5,10H2,1-4H3,(H,12,14). The molecule has 0 amide bonds. The first-order valence-corrected chi connectivity index (χ1v) is 5.15. The van der Waals surface area contributed by atoms with Gasteiger partial charge >= 0.3 is 0 Å². The van der Waals surface area contributed by atoms with Gasteiger partial charge in [-0.1, -0.05) is 0 Å². The second-order valence-electron chi connectivity index (χ2n) is 4.63. The van der Waals surface area contributed by atoms with Gasteiger partial charge in [0, 0.05) is 18.0 Å². The van der Waals surface area contributed by atoms with Crippen molar-refractivity contribution in [3.63, 3.8) is 0 Å². The number of rotatable bonds is 2. The van der Waals surface area contributed by atoms with Crippen LogP contribution < -0.4 is 5.73 Å². The van der Waals surface area contributed by atoms with Crippen LogP contribution in [0.1, 0.15) is 33.5 Å². The lowest BCUT2D eigenvalue weighted by molar-refractivity contribution is 0.374. The molecule has 0 radical (unpaired) electrons. The van der Waals surface area contributed by atoms with Crippen molar-refractivity contribution in [2.45, 2.75) is 45.7 Å². The van der Waals surface area contributed by atoms with Crippen LogP contribution in [0.4, 0.5) is 0 Å². The number of nitrogens with zero attached hydrogens (tertiary/aromatic N) is 2. The van der Waals surface area contributed by atoms with Crippen LogP contribution in [0.2, 0.25) is 0 Å². The van der Waals surface area contributed by atoms with Crippen LogP contribution in [0, 0.1) is 4.77 Å². The minimum absolute atomic E-state index is 0.0473. The molecule has 1 aromatic rings. The average Bonchev–Trinajstić information content (AvgIpc) is 2.28. The Bertz CT molecular complexity index is 356. The van der Waals surface area contributed by atoms with Crippen molar-refractivity contribution in [1.29, 1.82) is 0 Å². The second kappa shape index (κ2) is 3.82. The molecule has 4 nitrogen and oxygen atoms in total. The molecule has 1 heterocycles. The molecule has 3 N–H and O–H groups in total. The third-order valence-electron chi connectivity index (χ3n) is 1.92. The van der Waals surface area contributed by atoms with Gasteiger partial charge in [-0.15, -0.1) is 0 Å². The van der Waals surface area contributed by atoms with Gasteiger partial charge in [0.2, 0.25) is 0 Å². The summed E-state index contributed by atoms with van der Waals surface area (Å²) in [4.78, 5) is 0. The molecule has 1 aromatic heterocycles. The van der Waals surface area contributed by atoms with Crippen molar-refractivity contribution in [2.24, 2.45) is 5.73 Å². The van der Waals surface area contributed by atoms with Gasteiger partial charge in [-0.2, -0.15) is 5.10 Å². The Morgan fingerprint density at radius 1 is 1.57 bits per heavy atom. The fraction of sp³-hybridized carbons (Fsp3) is 0.778. The Hall–Kier alpha value is -0.680. The highest BCUT2D eigenvalue weighted by atomic mass is 32.1. The van der Waals surface area contributed by atoms with E-state index in [9.17, 15) is 0 Å². The van der Waals surface area contributed by atoms with Gasteiger partial charge in [0.25, 0.3) is 0 Å². The van der Waals surface area contributed by atoms with Crippen LogP contribution in [-0.4, -0.2) is 20.8 Å². The molecular weight excluding hydrogens is 196 g/mol. The van der Waals surface area contributed by atoms with Crippen LogP contribution in [-0.2, 0) is 12.0 Å². The Labute approximate surface area is 89.5 Å². The van der Waals surface area contributed by atoms with Gasteiger partial charge in [0.15, 0.2) is 4.77 Å². The monoisotopic (exact) mass is 214 g/mol. The predicted octanol–water partition coefficient (Wildman–Crippen LogP) is 1.59. The fourth-order valence-corrected chi connectivity index (χ4v) is 1.87. The molecule has 0 bridgehead atoms. The van der Waals surface area contributed by atoms with Gasteiger partial charge in [-0.3, -0.25) is 9.67 Å². The van der Waals surface area contributed by atoms with Gasteiger partial charge in [0.05, 0.1) is 0 Å². The van der Waals surface area contributed by atoms with Crippen LogP contribution in [0.5, 0.6) is 0 Å². The molecule has 0 aromatic carbocycles. The lowest BCUT2D eigenvalue weighted by atomic mass is 10.1. The van der Waals surface area contributed by atoms with Crippen LogP contribution in [0.25, 0.3) is 0 Å². The van der Waals surface area contributed by atoms with Gasteiger partial charge in [-0.25, -0.2) is 0 Å². The minimum atomic E-state index is -0.0473. The summed E-state index contributed by atoms with van der Waals surface area (Å²) >= 11 is 5.18. The first-order valence-electron chi connectivity index (χ1n) is 4.74. The van der Waals surface area contributed by atoms with Crippen molar-refractivity contribution in [3.8, 4) is 0 Å². The van der Waals surface area contributed by atoms with E-state index in [1.54, 1.807) is 0 Å². The smallest absolute Gasteiger partial charge is 0.195 e. The highest BCUT2D eigenvalue weighted by molar-refractivity contribution is 7.71. The average molecular weight is 214 g/mol. The summed E-state index contributed by atoms with van der Waals surface area (Å²) in [5.74, 6) is 0.928. The van der Waals surface area contributed by atoms with Crippen molar-refractivity contribution in [1.82, 2.24) is 14.8 Å². The molecule has 0 spiro atoms. The first-order chi connectivity index (χ1) is 6.32. The summed E-state index contributed by atoms with van der Waals surface area (Å²) in [7, 11) is 0. The molecule has 0 saturated heterocycles. The Kier molecular flexibility index (Phi) is 3.11. The molecule has 0 saturated carbocycles. The summed E-state index contributed by atoms with van der Waals surface area (Å²) in [6.45, 7) is 8.26. The molecule has 0 fully saturated rings. The van der Waals surface area contributed by atoms with E-state index in [0.717, 1.165) is 12.2 Å². The maximum Gasteiger partial charge on any atom is 0.195 e. The van der Waals surface area contributed by atoms with Crippen molar-refractivity contribution >= 4 is 12.2 Å². The maximum absolute atomic E-state index is 5.74. The SMILES string of the molecule is CC(N)Cc1n[nH]c(=S)n1C(C)(C)C. The molecule has 5 heteroatoms. The fourth-order valence-electron chi connectivity index (χ4n) is 1.45. The van der Waals surface area contributed by atoms with E-state index in [0.29, 0.717) is 4.77 Å². The summed E-state index contributed by atoms with van der Waals surface area (Å²) in [5, 5.41) is 7.00. The van der Waals surface area contributed by atoms with Crippen molar-refractivity contribution in [3.05, 3.63) is 10.6 Å². The molecule has 0 aliphatic carbocycles. The van der Waals surface area contributed by atoms with Crippen molar-refractivity contribution < 1.29 is 0 Å². The molecule has 80 valence electrons. The summed E-state index contributed by atoms with van der Waals surface area (Å²) in [5.41, 5.74) is 5.70. The molecule has 1 atom stereocenters. The quantitative estimate of drug-likeness (QED) is 0.735. The second-order valence-corrected chi connectivity index (χ2v) is 5.02. The number of aromatic nitrogens is 3. The lowest BCUT2D eigenvalue weighted by Gasteiger charge is -2.22. The largest absolute Gasteiger partial charge is 0.328 e. The third kappa shape index (κ3) is 2.42. The third-order valence-corrected chi connectivity index (χ3v) is 2.19. The van der Waals surface area contributed by atoms with E-state index in [1.165, 1.54) is 0 Å². The van der Waals surface area contributed by atoms with Crippen LogP contribution in [0.15, 0.2) is 0 Å². The predicted molar refractivity (Wildman–Crippen MR) is 59.8 cm³/mol. The number of hydrogen-bond acceptors (Lipinski definition) is 3. The van der Waals surface area contributed by atoms with Crippen LogP contribution in [0.3, 0.4) is 0 Å². The van der Waals surface area contributed by atoms with E-state index in [4.69, 9.17) is 18.0 Å². The topological polar surface area (TPSA) is 59.6 Å². The molecule has 0 aliphatic heterocycles. The molecular formula is C9H18N4S. The molecule has 1 unspecified atom stereocenters. The minimum Gasteiger partial charge on any atom is -0.328 e. The van der Waals surface area contributed by atoms with E-state index in [2.05, 4.69) is 31.0 Å². The van der Waals surface area contributed by atoms with Gasteiger partial charge in [-0.05, 0) is 39.9 Å². The van der Waals surface area contributed by atoms with Gasteiger partial charge in [0.1, 0.15) is 5.82 Å². The summed E-state index contributed by atoms with van der Waals surface area (Å²) in [6, 6.07) is 0.0984. The normalized spacial score (nSPS) is 14.4. The number of aromatic amines is 1. The van der Waals surface area contributed by atoms with E-state index in [1.807, 2.05) is 11.5 Å². The van der Waals surface area contributed by atoms with E-state index < -0.39 is 0 Å². The van der Waals surface area contributed by atoms with Crippen LogP contribution >= 0.6 is 12.2 Å². The maximum atomic E-state index is 5.74. The Morgan fingerprint density at radius 3 is 2.57 bits per heavy atom. The van der Waals surface area contributed by atoms with Crippen molar-refractivity contribution in [2.75, 3.05) is 0 Å². The number of H-pyrrole nitrogens is 1. The Morgan fingerprint density at radius 2 is 2.14 bits per heavy atom.